The number of rotatable bonds is 4. The van der Waals surface area contributed by atoms with E-state index in [0.29, 0.717) is 18.7 Å². The summed E-state index contributed by atoms with van der Waals surface area (Å²) in [7, 11) is 3.27. The summed E-state index contributed by atoms with van der Waals surface area (Å²) in [5.41, 5.74) is 3.45. The molecule has 1 amide bonds. The molecule has 0 bridgehead atoms. The maximum absolute atomic E-state index is 13.1. The van der Waals surface area contributed by atoms with Gasteiger partial charge in [0.25, 0.3) is 5.91 Å². The number of benzene rings is 2. The minimum Gasteiger partial charge on any atom is -0.467 e. The van der Waals surface area contributed by atoms with Crippen LogP contribution in [0.4, 0.5) is 5.69 Å². The van der Waals surface area contributed by atoms with Gasteiger partial charge in [-0.3, -0.25) is 4.79 Å². The molecule has 0 spiro atoms. The number of para-hydroxylation sites is 2. The number of methoxy groups -OCH3 is 1. The van der Waals surface area contributed by atoms with Crippen LogP contribution in [0.1, 0.15) is 15.9 Å². The molecule has 1 N–H and O–H groups in total. The van der Waals surface area contributed by atoms with Gasteiger partial charge in [-0.1, -0.05) is 30.3 Å². The third-order valence-corrected chi connectivity index (χ3v) is 5.11. The van der Waals surface area contributed by atoms with E-state index in [1.807, 2.05) is 60.6 Å². The lowest BCUT2D eigenvalue weighted by molar-refractivity contribution is -0.146. The van der Waals surface area contributed by atoms with Gasteiger partial charge in [-0.05, 0) is 23.8 Å². The number of carbonyl (C=O) groups is 2. The van der Waals surface area contributed by atoms with Crippen LogP contribution in [0.3, 0.4) is 0 Å². The van der Waals surface area contributed by atoms with Crippen molar-refractivity contribution in [2.75, 3.05) is 25.7 Å². The summed E-state index contributed by atoms with van der Waals surface area (Å²) >= 11 is 0. The second-order valence-electron chi connectivity index (χ2n) is 6.73. The summed E-state index contributed by atoms with van der Waals surface area (Å²) in [5.74, 6) is -0.569. The van der Waals surface area contributed by atoms with Crippen molar-refractivity contribution in [3.05, 3.63) is 65.9 Å². The van der Waals surface area contributed by atoms with Crippen molar-refractivity contribution in [3.63, 3.8) is 0 Å². The predicted octanol–water partition coefficient (Wildman–Crippen LogP) is 2.80. The minimum absolute atomic E-state index is 0.154. The quantitative estimate of drug-likeness (QED) is 0.724. The number of anilines is 1. The average Bonchev–Trinajstić information content (AvgIpc) is 3.11. The highest BCUT2D eigenvalue weighted by atomic mass is 16.5. The molecule has 138 valence electrons. The Bertz CT molecular complexity index is 1010. The molecule has 0 saturated heterocycles. The number of aromatic nitrogens is 1. The number of hydrogen-bond donors (Lipinski definition) is 1. The average molecular weight is 363 g/mol. The van der Waals surface area contributed by atoms with Gasteiger partial charge in [0, 0.05) is 30.6 Å². The van der Waals surface area contributed by atoms with Gasteiger partial charge in [0.15, 0.2) is 0 Å². The summed E-state index contributed by atoms with van der Waals surface area (Å²) in [4.78, 5) is 32.5. The summed E-state index contributed by atoms with van der Waals surface area (Å²) < 4.78 is 5.04. The number of fused-ring (bicyclic) bond motifs is 2. The van der Waals surface area contributed by atoms with Gasteiger partial charge in [0.05, 0.1) is 25.0 Å². The number of carbonyl (C=O) groups excluding carboxylic acids is 2. The van der Waals surface area contributed by atoms with Crippen molar-refractivity contribution in [3.8, 4) is 0 Å². The number of amides is 1. The highest BCUT2D eigenvalue weighted by molar-refractivity contribution is 6.03. The first-order valence-electron chi connectivity index (χ1n) is 8.84. The van der Waals surface area contributed by atoms with Gasteiger partial charge in [-0.15, -0.1) is 0 Å². The lowest BCUT2D eigenvalue weighted by Crippen LogP contribution is -2.54. The largest absolute Gasteiger partial charge is 0.467 e. The molecule has 0 fully saturated rings. The first-order valence-corrected chi connectivity index (χ1v) is 8.84. The molecule has 0 aliphatic carbocycles. The molecular weight excluding hydrogens is 342 g/mol. The topological polar surface area (TPSA) is 65.6 Å². The fraction of sp³-hybridized carbons (Fsp3) is 0.238. The monoisotopic (exact) mass is 363 g/mol. The molecule has 1 atom stereocenters. The predicted molar refractivity (Wildman–Crippen MR) is 104 cm³/mol. The molecule has 27 heavy (non-hydrogen) atoms. The van der Waals surface area contributed by atoms with E-state index in [1.165, 1.54) is 7.11 Å². The van der Waals surface area contributed by atoms with Crippen molar-refractivity contribution in [1.82, 2.24) is 9.88 Å². The van der Waals surface area contributed by atoms with Crippen molar-refractivity contribution < 1.29 is 14.3 Å². The summed E-state index contributed by atoms with van der Waals surface area (Å²) in [6, 6.07) is 14.7. The number of ether oxygens (including phenoxy) is 1. The molecule has 2 heterocycles. The number of hydrogen-bond acceptors (Lipinski definition) is 4. The smallest absolute Gasteiger partial charge is 0.329 e. The molecule has 6 heteroatoms. The van der Waals surface area contributed by atoms with Crippen LogP contribution in [0, 0.1) is 0 Å². The number of H-pyrrole nitrogens is 1. The zero-order chi connectivity index (χ0) is 19.0. The second kappa shape index (κ2) is 6.79. The summed E-state index contributed by atoms with van der Waals surface area (Å²) in [6.45, 7) is 0.331. The summed E-state index contributed by atoms with van der Waals surface area (Å²) in [5, 5.41) is 1.05. The lowest BCUT2D eigenvalue weighted by atomic mass is 10.0. The van der Waals surface area contributed by atoms with E-state index in [-0.39, 0.29) is 5.91 Å². The van der Waals surface area contributed by atoms with Crippen LogP contribution in [0.5, 0.6) is 0 Å². The number of nitrogens with one attached hydrogen (secondary N) is 1. The normalized spacial score (nSPS) is 15.0. The molecule has 0 saturated carbocycles. The molecular formula is C21H21N3O3. The Labute approximate surface area is 157 Å². The van der Waals surface area contributed by atoms with Gasteiger partial charge in [-0.25, -0.2) is 4.79 Å². The molecule has 2 aromatic carbocycles. The molecule has 4 rings (SSSR count). The van der Waals surface area contributed by atoms with Crippen LogP contribution >= 0.6 is 0 Å². The van der Waals surface area contributed by atoms with Gasteiger partial charge >= 0.3 is 5.97 Å². The van der Waals surface area contributed by atoms with E-state index >= 15 is 0 Å². The maximum atomic E-state index is 13.1. The van der Waals surface area contributed by atoms with Crippen molar-refractivity contribution in [2.24, 2.45) is 0 Å². The standard InChI is InChI=1S/C21H21N3O3/c1-23-13-24(20(25)16-8-4-6-10-18(16)23)19(21(26)27-2)11-14-12-22-17-9-5-3-7-15(14)17/h3-10,12,19,22H,11,13H2,1-2H3/t19-/m0/s1. The highest BCUT2D eigenvalue weighted by Crippen LogP contribution is 2.29. The summed E-state index contributed by atoms with van der Waals surface area (Å²) in [6.07, 6.45) is 2.28. The molecule has 0 radical (unpaired) electrons. The van der Waals surface area contributed by atoms with E-state index in [9.17, 15) is 9.59 Å². The Balaban J connectivity index is 1.71. The van der Waals surface area contributed by atoms with Crippen LogP contribution in [0.25, 0.3) is 10.9 Å². The van der Waals surface area contributed by atoms with E-state index in [1.54, 1.807) is 11.0 Å². The van der Waals surface area contributed by atoms with E-state index in [2.05, 4.69) is 4.98 Å². The third kappa shape index (κ3) is 2.93. The first-order chi connectivity index (χ1) is 13.1. The van der Waals surface area contributed by atoms with Gasteiger partial charge < -0.3 is 19.5 Å². The van der Waals surface area contributed by atoms with Gasteiger partial charge in [0.1, 0.15) is 6.04 Å². The minimum atomic E-state index is -0.697. The first kappa shape index (κ1) is 17.1. The van der Waals surface area contributed by atoms with Crippen LogP contribution < -0.4 is 4.90 Å². The highest BCUT2D eigenvalue weighted by Gasteiger charge is 2.36. The third-order valence-electron chi connectivity index (χ3n) is 5.11. The zero-order valence-electron chi connectivity index (χ0n) is 15.3. The molecule has 0 unspecified atom stereocenters. The van der Waals surface area contributed by atoms with Crippen LogP contribution in [0.2, 0.25) is 0 Å². The lowest BCUT2D eigenvalue weighted by Gasteiger charge is -2.39. The van der Waals surface area contributed by atoms with E-state index in [0.717, 1.165) is 22.2 Å². The number of esters is 1. The Hall–Kier alpha value is -3.28. The second-order valence-corrected chi connectivity index (χ2v) is 6.73. The molecule has 6 nitrogen and oxygen atoms in total. The molecule has 3 aromatic rings. The molecule has 1 aliphatic rings. The Morgan fingerprint density at radius 3 is 2.74 bits per heavy atom. The van der Waals surface area contributed by atoms with E-state index < -0.39 is 12.0 Å². The SMILES string of the molecule is COC(=O)[C@H](Cc1c[nH]c2ccccc12)N1CN(C)c2ccccc2C1=O. The van der Waals surface area contributed by atoms with Crippen molar-refractivity contribution in [2.45, 2.75) is 12.5 Å². The van der Waals surface area contributed by atoms with Gasteiger partial charge in [0.2, 0.25) is 0 Å². The Kier molecular flexibility index (Phi) is 4.32. The zero-order valence-corrected chi connectivity index (χ0v) is 15.3. The fourth-order valence-electron chi connectivity index (χ4n) is 3.72. The Morgan fingerprint density at radius 2 is 1.93 bits per heavy atom. The number of aromatic amines is 1. The van der Waals surface area contributed by atoms with Crippen molar-refractivity contribution >= 4 is 28.5 Å². The van der Waals surface area contributed by atoms with Crippen LogP contribution in [-0.2, 0) is 16.0 Å². The Morgan fingerprint density at radius 1 is 1.19 bits per heavy atom. The van der Waals surface area contributed by atoms with Crippen molar-refractivity contribution in [1.29, 1.82) is 0 Å². The molecule has 1 aromatic heterocycles. The number of nitrogens with zero attached hydrogens (tertiary/aromatic N) is 2. The van der Waals surface area contributed by atoms with Crippen LogP contribution in [0.15, 0.2) is 54.7 Å². The fourth-order valence-corrected chi connectivity index (χ4v) is 3.72. The maximum Gasteiger partial charge on any atom is 0.329 e. The van der Waals surface area contributed by atoms with Crippen LogP contribution in [-0.4, -0.2) is 48.6 Å². The molecule has 1 aliphatic heterocycles. The van der Waals surface area contributed by atoms with Gasteiger partial charge in [-0.2, -0.15) is 0 Å². The van der Waals surface area contributed by atoms with E-state index in [4.69, 9.17) is 4.74 Å².